The lowest BCUT2D eigenvalue weighted by atomic mass is 10.1. The van der Waals surface area contributed by atoms with Crippen molar-refractivity contribution < 1.29 is 22.5 Å². The Bertz CT molecular complexity index is 968. The number of amides is 1. The Hall–Kier alpha value is -3.16. The summed E-state index contributed by atoms with van der Waals surface area (Å²) in [5, 5.41) is 3.88. The van der Waals surface area contributed by atoms with Crippen LogP contribution in [0.4, 0.5) is 13.2 Å². The summed E-state index contributed by atoms with van der Waals surface area (Å²) in [7, 11) is 0. The molecule has 0 bridgehead atoms. The number of likely N-dealkylation sites (tertiary alicyclic amines) is 1. The van der Waals surface area contributed by atoms with Gasteiger partial charge in [0.05, 0.1) is 5.92 Å². The zero-order valence-corrected chi connectivity index (χ0v) is 14.0. The van der Waals surface area contributed by atoms with Crippen molar-refractivity contribution in [3.63, 3.8) is 0 Å². The van der Waals surface area contributed by atoms with E-state index in [4.69, 9.17) is 4.52 Å². The molecule has 1 aliphatic heterocycles. The van der Waals surface area contributed by atoms with E-state index in [1.807, 2.05) is 0 Å². The van der Waals surface area contributed by atoms with Crippen LogP contribution in [0.3, 0.4) is 0 Å². The number of halogens is 3. The Balaban J connectivity index is 1.48. The van der Waals surface area contributed by atoms with Gasteiger partial charge >= 0.3 is 0 Å². The molecule has 0 radical (unpaired) electrons. The van der Waals surface area contributed by atoms with Crippen LogP contribution in [-0.2, 0) is 11.3 Å². The molecule has 5 nitrogen and oxygen atoms in total. The maximum atomic E-state index is 13.3. The third-order valence-corrected chi connectivity index (χ3v) is 4.40. The Morgan fingerprint density at radius 1 is 1.04 bits per heavy atom. The molecule has 27 heavy (non-hydrogen) atoms. The molecule has 0 N–H and O–H groups in total. The Morgan fingerprint density at radius 2 is 1.74 bits per heavy atom. The van der Waals surface area contributed by atoms with Gasteiger partial charge in [-0.3, -0.25) is 4.79 Å². The topological polar surface area (TPSA) is 59.2 Å². The number of hydrogen-bond acceptors (Lipinski definition) is 4. The first-order valence-corrected chi connectivity index (χ1v) is 8.30. The fraction of sp³-hybridized carbons (Fsp3) is 0.211. The van der Waals surface area contributed by atoms with Crippen molar-refractivity contribution in [3.8, 4) is 11.4 Å². The largest absolute Gasteiger partial charge is 0.339 e. The van der Waals surface area contributed by atoms with Crippen LogP contribution in [0, 0.1) is 17.5 Å². The molecule has 1 amide bonds. The number of nitrogens with zero attached hydrogens (tertiary/aromatic N) is 3. The van der Waals surface area contributed by atoms with Crippen LogP contribution in [0.1, 0.15) is 23.8 Å². The van der Waals surface area contributed by atoms with E-state index < -0.39 is 11.6 Å². The predicted molar refractivity (Wildman–Crippen MR) is 88.8 cm³/mol. The molecule has 1 saturated heterocycles. The smallest absolute Gasteiger partial charge is 0.232 e. The number of benzene rings is 2. The normalized spacial score (nSPS) is 16.9. The van der Waals surface area contributed by atoms with Crippen molar-refractivity contribution in [2.45, 2.75) is 18.9 Å². The van der Waals surface area contributed by atoms with E-state index in [0.29, 0.717) is 29.4 Å². The Kier molecular flexibility index (Phi) is 4.39. The van der Waals surface area contributed by atoms with Gasteiger partial charge in [0, 0.05) is 31.1 Å². The maximum Gasteiger partial charge on any atom is 0.232 e. The second-order valence-corrected chi connectivity index (χ2v) is 6.42. The highest BCUT2D eigenvalue weighted by Gasteiger charge is 2.34. The van der Waals surface area contributed by atoms with Gasteiger partial charge in [-0.2, -0.15) is 4.98 Å². The predicted octanol–water partition coefficient (Wildman–Crippen LogP) is 3.67. The van der Waals surface area contributed by atoms with Gasteiger partial charge in [-0.1, -0.05) is 5.16 Å². The second-order valence-electron chi connectivity index (χ2n) is 6.42. The van der Waals surface area contributed by atoms with Crippen LogP contribution < -0.4 is 0 Å². The summed E-state index contributed by atoms with van der Waals surface area (Å²) in [4.78, 5) is 18.1. The van der Waals surface area contributed by atoms with E-state index in [2.05, 4.69) is 10.1 Å². The van der Waals surface area contributed by atoms with Crippen LogP contribution in [-0.4, -0.2) is 27.5 Å². The molecule has 2 aromatic carbocycles. The molecule has 0 saturated carbocycles. The van der Waals surface area contributed by atoms with Gasteiger partial charge in [0.15, 0.2) is 0 Å². The van der Waals surface area contributed by atoms with Crippen molar-refractivity contribution in [2.75, 3.05) is 6.54 Å². The number of aromatic nitrogens is 2. The molecule has 4 rings (SSSR count). The standard InChI is InChI=1S/C19H14F3N3O2/c20-14-3-1-12(2-4-14)18-23-19(27-24-18)13-7-17(26)25(10-13)9-11-5-15(21)8-16(22)6-11/h1-6,8,13H,7,9-10H2. The van der Waals surface area contributed by atoms with Crippen LogP contribution >= 0.6 is 0 Å². The van der Waals surface area contributed by atoms with Gasteiger partial charge < -0.3 is 9.42 Å². The minimum atomic E-state index is -0.686. The Labute approximate surface area is 152 Å². The van der Waals surface area contributed by atoms with Gasteiger partial charge in [-0.25, -0.2) is 13.2 Å². The molecule has 1 aromatic heterocycles. The minimum absolute atomic E-state index is 0.100. The van der Waals surface area contributed by atoms with Gasteiger partial charge in [0.2, 0.25) is 17.6 Å². The van der Waals surface area contributed by atoms with Crippen molar-refractivity contribution in [1.29, 1.82) is 0 Å². The maximum absolute atomic E-state index is 13.3. The fourth-order valence-corrected chi connectivity index (χ4v) is 3.13. The van der Waals surface area contributed by atoms with E-state index in [0.717, 1.165) is 6.07 Å². The lowest BCUT2D eigenvalue weighted by molar-refractivity contribution is -0.128. The highest BCUT2D eigenvalue weighted by atomic mass is 19.1. The molecule has 0 spiro atoms. The van der Waals surface area contributed by atoms with Crippen LogP contribution in [0.5, 0.6) is 0 Å². The highest BCUT2D eigenvalue weighted by Crippen LogP contribution is 2.29. The molecule has 138 valence electrons. The lowest BCUT2D eigenvalue weighted by Crippen LogP contribution is -2.24. The van der Waals surface area contributed by atoms with Crippen molar-refractivity contribution in [3.05, 3.63) is 71.4 Å². The van der Waals surface area contributed by atoms with Gasteiger partial charge in [0.25, 0.3) is 0 Å². The number of carbonyl (C=O) groups is 1. The molecule has 1 atom stereocenters. The number of rotatable bonds is 4. The third kappa shape index (κ3) is 3.69. The van der Waals surface area contributed by atoms with Crippen molar-refractivity contribution in [1.82, 2.24) is 15.0 Å². The summed E-state index contributed by atoms with van der Waals surface area (Å²) in [6, 6.07) is 8.84. The molecular weight excluding hydrogens is 359 g/mol. The van der Waals surface area contributed by atoms with Gasteiger partial charge in [-0.15, -0.1) is 0 Å². The fourth-order valence-electron chi connectivity index (χ4n) is 3.13. The van der Waals surface area contributed by atoms with Gasteiger partial charge in [-0.05, 0) is 42.0 Å². The quantitative estimate of drug-likeness (QED) is 0.700. The van der Waals surface area contributed by atoms with E-state index in [1.54, 1.807) is 0 Å². The monoisotopic (exact) mass is 373 g/mol. The molecular formula is C19H14F3N3O2. The summed E-state index contributed by atoms with van der Waals surface area (Å²) in [6.07, 6.45) is 0.169. The van der Waals surface area contributed by atoms with Crippen LogP contribution in [0.15, 0.2) is 47.0 Å². The molecule has 2 heterocycles. The number of carbonyl (C=O) groups excluding carboxylic acids is 1. The van der Waals surface area contributed by atoms with E-state index >= 15 is 0 Å². The van der Waals surface area contributed by atoms with Crippen LogP contribution in [0.25, 0.3) is 11.4 Å². The zero-order chi connectivity index (χ0) is 19.0. The summed E-state index contributed by atoms with van der Waals surface area (Å²) in [5.74, 6) is -1.60. The van der Waals surface area contributed by atoms with E-state index in [1.165, 1.54) is 41.3 Å². The summed E-state index contributed by atoms with van der Waals surface area (Å²) < 4.78 is 44.9. The molecule has 1 fully saturated rings. The Morgan fingerprint density at radius 3 is 2.44 bits per heavy atom. The third-order valence-electron chi connectivity index (χ3n) is 4.40. The van der Waals surface area contributed by atoms with E-state index in [9.17, 15) is 18.0 Å². The van der Waals surface area contributed by atoms with Crippen molar-refractivity contribution in [2.24, 2.45) is 0 Å². The molecule has 1 aliphatic rings. The average Bonchev–Trinajstić information content (AvgIpc) is 3.22. The van der Waals surface area contributed by atoms with E-state index in [-0.39, 0.29) is 30.6 Å². The second kappa shape index (κ2) is 6.86. The minimum Gasteiger partial charge on any atom is -0.339 e. The number of hydrogen-bond donors (Lipinski definition) is 0. The molecule has 3 aromatic rings. The average molecular weight is 373 g/mol. The first kappa shape index (κ1) is 17.3. The summed E-state index contributed by atoms with van der Waals surface area (Å²) >= 11 is 0. The molecule has 8 heteroatoms. The molecule has 1 unspecified atom stereocenters. The zero-order valence-electron chi connectivity index (χ0n) is 14.0. The lowest BCUT2D eigenvalue weighted by Gasteiger charge is -2.16. The SMILES string of the molecule is O=C1CC(c2nc(-c3ccc(F)cc3)no2)CN1Cc1cc(F)cc(F)c1. The first-order valence-electron chi connectivity index (χ1n) is 8.30. The summed E-state index contributed by atoms with van der Waals surface area (Å²) in [6.45, 7) is 0.408. The highest BCUT2D eigenvalue weighted by molar-refractivity contribution is 5.79. The first-order chi connectivity index (χ1) is 13.0. The molecule has 0 aliphatic carbocycles. The van der Waals surface area contributed by atoms with Crippen molar-refractivity contribution >= 4 is 5.91 Å². The summed E-state index contributed by atoms with van der Waals surface area (Å²) in [5.41, 5.74) is 0.974. The van der Waals surface area contributed by atoms with Crippen LogP contribution in [0.2, 0.25) is 0 Å². The van der Waals surface area contributed by atoms with Gasteiger partial charge in [0.1, 0.15) is 17.5 Å².